The van der Waals surface area contributed by atoms with Crippen LogP contribution in [-0.4, -0.2) is 0 Å². The monoisotopic (exact) mass is 334 g/mol. The van der Waals surface area contributed by atoms with Gasteiger partial charge >= 0.3 is 0 Å². The lowest BCUT2D eigenvalue weighted by Gasteiger charge is -1.94. The van der Waals surface area contributed by atoms with Crippen molar-refractivity contribution >= 4 is 31.9 Å². The Morgan fingerprint density at radius 2 is 1.62 bits per heavy atom. The summed E-state index contributed by atoms with van der Waals surface area (Å²) in [5.41, 5.74) is 2.01. The van der Waals surface area contributed by atoms with E-state index in [1.807, 2.05) is 48.5 Å². The molecule has 2 rings (SSSR count). The first-order valence-electron chi connectivity index (χ1n) is 4.78. The van der Waals surface area contributed by atoms with Crippen LogP contribution in [0.3, 0.4) is 0 Å². The molecular formula is C14H8Br2. The summed E-state index contributed by atoms with van der Waals surface area (Å²) in [5, 5.41) is 0. The Kier molecular flexibility index (Phi) is 3.82. The Balaban J connectivity index is 2.32. The van der Waals surface area contributed by atoms with Gasteiger partial charge in [-0.3, -0.25) is 0 Å². The van der Waals surface area contributed by atoms with Gasteiger partial charge in [0.1, 0.15) is 0 Å². The molecule has 2 heteroatoms. The van der Waals surface area contributed by atoms with Crippen molar-refractivity contribution in [1.29, 1.82) is 0 Å². The van der Waals surface area contributed by atoms with Crippen LogP contribution in [0.5, 0.6) is 0 Å². The molecule has 0 aromatic heterocycles. The Hall–Kier alpha value is -1.04. The van der Waals surface area contributed by atoms with Crippen LogP contribution in [0.25, 0.3) is 0 Å². The van der Waals surface area contributed by atoms with E-state index in [-0.39, 0.29) is 0 Å². The third-order valence-corrected chi connectivity index (χ3v) is 3.22. The van der Waals surface area contributed by atoms with Crippen molar-refractivity contribution < 1.29 is 0 Å². The van der Waals surface area contributed by atoms with E-state index in [0.717, 1.165) is 20.1 Å². The molecule has 0 heterocycles. The summed E-state index contributed by atoms with van der Waals surface area (Å²) in [6.07, 6.45) is 0. The number of benzene rings is 2. The normalized spacial score (nSPS) is 9.38. The second kappa shape index (κ2) is 5.34. The molecule has 0 fully saturated rings. The van der Waals surface area contributed by atoms with Gasteiger partial charge in [0.05, 0.1) is 0 Å². The fourth-order valence-electron chi connectivity index (χ4n) is 1.27. The fourth-order valence-corrected chi connectivity index (χ4v) is 2.05. The van der Waals surface area contributed by atoms with Crippen LogP contribution in [0, 0.1) is 11.8 Å². The minimum atomic E-state index is 1.00. The lowest BCUT2D eigenvalue weighted by Crippen LogP contribution is -1.77. The summed E-state index contributed by atoms with van der Waals surface area (Å²) >= 11 is 6.90. The van der Waals surface area contributed by atoms with Crippen molar-refractivity contribution in [2.24, 2.45) is 0 Å². The van der Waals surface area contributed by atoms with Crippen LogP contribution in [0.15, 0.2) is 57.5 Å². The molecule has 0 atom stereocenters. The van der Waals surface area contributed by atoms with Gasteiger partial charge in [0.25, 0.3) is 0 Å². The molecule has 0 bridgehead atoms. The van der Waals surface area contributed by atoms with Crippen molar-refractivity contribution in [1.82, 2.24) is 0 Å². The SMILES string of the molecule is Brc1cccc(C#Cc2ccccc2Br)c1. The third-order valence-electron chi connectivity index (χ3n) is 2.04. The number of rotatable bonds is 0. The highest BCUT2D eigenvalue weighted by Gasteiger charge is 1.93. The highest BCUT2D eigenvalue weighted by atomic mass is 79.9. The van der Waals surface area contributed by atoms with Crippen LogP contribution < -0.4 is 0 Å². The molecule has 16 heavy (non-hydrogen) atoms. The minimum Gasteiger partial charge on any atom is -0.0616 e. The summed E-state index contributed by atoms with van der Waals surface area (Å²) in [4.78, 5) is 0. The largest absolute Gasteiger partial charge is 0.0616 e. The van der Waals surface area contributed by atoms with E-state index in [1.54, 1.807) is 0 Å². The summed E-state index contributed by atoms with van der Waals surface area (Å²) < 4.78 is 2.07. The zero-order valence-electron chi connectivity index (χ0n) is 8.37. The summed E-state index contributed by atoms with van der Waals surface area (Å²) in [6, 6.07) is 15.9. The summed E-state index contributed by atoms with van der Waals surface area (Å²) in [7, 11) is 0. The lowest BCUT2D eigenvalue weighted by atomic mass is 10.2. The molecule has 0 aliphatic carbocycles. The zero-order chi connectivity index (χ0) is 11.4. The first-order chi connectivity index (χ1) is 7.75. The molecule has 0 N–H and O–H groups in total. The van der Waals surface area contributed by atoms with Gasteiger partial charge in [-0.05, 0) is 46.3 Å². The van der Waals surface area contributed by atoms with Crippen LogP contribution in [0.1, 0.15) is 11.1 Å². The predicted octanol–water partition coefficient (Wildman–Crippen LogP) is 4.61. The number of hydrogen-bond donors (Lipinski definition) is 0. The molecule has 0 spiro atoms. The Morgan fingerprint density at radius 1 is 0.812 bits per heavy atom. The fraction of sp³-hybridized carbons (Fsp3) is 0. The highest BCUT2D eigenvalue weighted by Crippen LogP contribution is 2.15. The summed E-state index contributed by atoms with van der Waals surface area (Å²) in [6.45, 7) is 0. The van der Waals surface area contributed by atoms with Crippen molar-refractivity contribution in [3.05, 3.63) is 68.6 Å². The first kappa shape index (κ1) is 11.4. The van der Waals surface area contributed by atoms with E-state index in [1.165, 1.54) is 0 Å². The van der Waals surface area contributed by atoms with Gasteiger partial charge in [-0.15, -0.1) is 0 Å². The van der Waals surface area contributed by atoms with Crippen LogP contribution in [0.4, 0.5) is 0 Å². The van der Waals surface area contributed by atoms with Gasteiger partial charge in [-0.2, -0.15) is 0 Å². The van der Waals surface area contributed by atoms with E-state index in [0.29, 0.717) is 0 Å². The zero-order valence-corrected chi connectivity index (χ0v) is 11.5. The van der Waals surface area contributed by atoms with E-state index < -0.39 is 0 Å². The smallest absolute Gasteiger partial charge is 0.0391 e. The van der Waals surface area contributed by atoms with Gasteiger partial charge < -0.3 is 0 Å². The van der Waals surface area contributed by atoms with Gasteiger partial charge in [0, 0.05) is 20.1 Å². The first-order valence-corrected chi connectivity index (χ1v) is 6.36. The molecule has 0 saturated carbocycles. The molecule has 0 saturated heterocycles. The molecule has 0 unspecified atom stereocenters. The second-order valence-corrected chi connectivity index (χ2v) is 5.01. The predicted molar refractivity (Wildman–Crippen MR) is 74.3 cm³/mol. The van der Waals surface area contributed by atoms with E-state index in [4.69, 9.17) is 0 Å². The van der Waals surface area contributed by atoms with Crippen LogP contribution in [-0.2, 0) is 0 Å². The summed E-state index contributed by atoms with van der Waals surface area (Å²) in [5.74, 6) is 6.27. The van der Waals surface area contributed by atoms with Crippen molar-refractivity contribution in [2.75, 3.05) is 0 Å². The average molecular weight is 336 g/mol. The van der Waals surface area contributed by atoms with Crippen molar-refractivity contribution in [2.45, 2.75) is 0 Å². The van der Waals surface area contributed by atoms with E-state index >= 15 is 0 Å². The standard InChI is InChI=1S/C14H8Br2/c15-13-6-3-4-11(10-13)8-9-12-5-1-2-7-14(12)16/h1-7,10H. The molecule has 2 aromatic carbocycles. The molecule has 78 valence electrons. The van der Waals surface area contributed by atoms with Crippen LogP contribution >= 0.6 is 31.9 Å². The molecule has 0 aliphatic rings. The maximum Gasteiger partial charge on any atom is 0.0391 e. The Morgan fingerprint density at radius 3 is 2.38 bits per heavy atom. The Labute approximate surface area is 112 Å². The topological polar surface area (TPSA) is 0 Å². The maximum absolute atomic E-state index is 3.47. The Bertz CT molecular complexity index is 562. The minimum absolute atomic E-state index is 1.00. The molecular weight excluding hydrogens is 328 g/mol. The number of hydrogen-bond acceptors (Lipinski definition) is 0. The van der Waals surface area contributed by atoms with Crippen LogP contribution in [0.2, 0.25) is 0 Å². The lowest BCUT2D eigenvalue weighted by molar-refractivity contribution is 1.57. The maximum atomic E-state index is 3.47. The molecule has 0 radical (unpaired) electrons. The van der Waals surface area contributed by atoms with E-state index in [2.05, 4.69) is 43.7 Å². The molecule has 0 amide bonds. The average Bonchev–Trinajstić information content (AvgIpc) is 2.28. The van der Waals surface area contributed by atoms with Crippen molar-refractivity contribution in [3.8, 4) is 11.8 Å². The van der Waals surface area contributed by atoms with Gasteiger partial charge in [0.2, 0.25) is 0 Å². The third kappa shape index (κ3) is 2.98. The van der Waals surface area contributed by atoms with Gasteiger partial charge in [-0.25, -0.2) is 0 Å². The quantitative estimate of drug-likeness (QED) is 0.617. The second-order valence-electron chi connectivity index (χ2n) is 3.24. The molecule has 0 nitrogen and oxygen atoms in total. The number of halogens is 2. The van der Waals surface area contributed by atoms with Gasteiger partial charge in [-0.1, -0.05) is 46.0 Å². The highest BCUT2D eigenvalue weighted by molar-refractivity contribution is 9.10. The molecule has 0 aliphatic heterocycles. The van der Waals surface area contributed by atoms with Crippen molar-refractivity contribution in [3.63, 3.8) is 0 Å². The molecule has 2 aromatic rings. The van der Waals surface area contributed by atoms with Gasteiger partial charge in [0.15, 0.2) is 0 Å². The van der Waals surface area contributed by atoms with E-state index in [9.17, 15) is 0 Å².